The van der Waals surface area contributed by atoms with Gasteiger partial charge >= 0.3 is 0 Å². The summed E-state index contributed by atoms with van der Waals surface area (Å²) in [5, 5.41) is 14.8. The van der Waals surface area contributed by atoms with E-state index < -0.39 is 5.82 Å². The highest BCUT2D eigenvalue weighted by Crippen LogP contribution is 2.32. The zero-order valence-electron chi connectivity index (χ0n) is 17.5. The van der Waals surface area contributed by atoms with Gasteiger partial charge in [0.2, 0.25) is 0 Å². The topological polar surface area (TPSA) is 76.5 Å². The smallest absolute Gasteiger partial charge is 0.268 e. The van der Waals surface area contributed by atoms with Gasteiger partial charge in [-0.05, 0) is 49.1 Å². The number of aromatic nitrogens is 4. The van der Waals surface area contributed by atoms with E-state index in [9.17, 15) is 4.79 Å². The van der Waals surface area contributed by atoms with Crippen molar-refractivity contribution in [2.45, 2.75) is 38.4 Å². The molecule has 4 aromatic rings. The van der Waals surface area contributed by atoms with Crippen LogP contribution in [0.4, 0.5) is 4.39 Å². The molecule has 154 valence electrons. The fourth-order valence-corrected chi connectivity index (χ4v) is 4.73. The summed E-state index contributed by atoms with van der Waals surface area (Å²) in [7, 11) is 1.86. The molecule has 1 fully saturated rings. The first kappa shape index (κ1) is 19.5. The first-order valence-corrected chi connectivity index (χ1v) is 10.5. The van der Waals surface area contributed by atoms with Crippen molar-refractivity contribution in [3.8, 4) is 17.1 Å². The van der Waals surface area contributed by atoms with Gasteiger partial charge in [-0.3, -0.25) is 14.0 Å². The predicted molar refractivity (Wildman–Crippen MR) is 120 cm³/mol. The third-order valence-corrected chi connectivity index (χ3v) is 6.39. The molecular weight excluding hydrogens is 392 g/mol. The second-order valence-electron chi connectivity index (χ2n) is 8.45. The summed E-state index contributed by atoms with van der Waals surface area (Å²) in [5.41, 5.74) is 2.87. The molecule has 1 aliphatic heterocycles. The molecule has 3 heterocycles. The third kappa shape index (κ3) is 3.21. The average molecular weight is 413 g/mol. The van der Waals surface area contributed by atoms with E-state index in [2.05, 4.69) is 16.1 Å². The van der Waals surface area contributed by atoms with Crippen LogP contribution in [-0.4, -0.2) is 26.0 Å². The number of benzene rings is 2. The molecule has 2 aromatic carbocycles. The molecule has 0 bridgehead atoms. The Kier molecular flexibility index (Phi) is 4.62. The van der Waals surface area contributed by atoms with Crippen molar-refractivity contribution in [2.24, 2.45) is 7.05 Å². The van der Waals surface area contributed by atoms with Crippen LogP contribution in [0.2, 0.25) is 12.6 Å². The van der Waals surface area contributed by atoms with Gasteiger partial charge in [-0.1, -0.05) is 18.7 Å². The number of rotatable bonds is 2. The highest BCUT2D eigenvalue weighted by atomic mass is 19.1. The average Bonchev–Trinajstić information content (AvgIpc) is 3.15. The van der Waals surface area contributed by atoms with E-state index in [1.54, 1.807) is 21.4 Å². The summed E-state index contributed by atoms with van der Waals surface area (Å²) < 4.78 is 18.8. The molecule has 0 N–H and O–H groups in total. The van der Waals surface area contributed by atoms with Crippen LogP contribution in [0.1, 0.15) is 24.4 Å². The fourth-order valence-electron chi connectivity index (χ4n) is 4.73. The molecule has 1 saturated heterocycles. The quantitative estimate of drug-likeness (QED) is 0.460. The summed E-state index contributed by atoms with van der Waals surface area (Å²) in [6, 6.07) is 7.16. The van der Waals surface area contributed by atoms with E-state index in [1.165, 1.54) is 6.33 Å². The van der Waals surface area contributed by atoms with E-state index in [0.29, 0.717) is 5.56 Å². The maximum absolute atomic E-state index is 15.5. The maximum atomic E-state index is 15.5. The van der Waals surface area contributed by atoms with Crippen LogP contribution in [0.3, 0.4) is 0 Å². The normalized spacial score (nSPS) is 15.0. The molecule has 0 atom stereocenters. The summed E-state index contributed by atoms with van der Waals surface area (Å²) in [5.74, 6) is 1.82. The lowest BCUT2D eigenvalue weighted by Gasteiger charge is -2.25. The van der Waals surface area contributed by atoms with Gasteiger partial charge in [0.25, 0.3) is 12.3 Å². The summed E-state index contributed by atoms with van der Waals surface area (Å²) in [4.78, 5) is 17.4. The lowest BCUT2D eigenvalue weighted by Crippen LogP contribution is -2.30. The Morgan fingerprint density at radius 1 is 1.23 bits per heavy atom. The van der Waals surface area contributed by atoms with Crippen LogP contribution in [0.15, 0.2) is 41.6 Å². The van der Waals surface area contributed by atoms with Crippen LogP contribution >= 0.6 is 0 Å². The zero-order valence-corrected chi connectivity index (χ0v) is 17.5. The van der Waals surface area contributed by atoms with Gasteiger partial charge in [0.1, 0.15) is 5.52 Å². The van der Waals surface area contributed by atoms with Crippen molar-refractivity contribution in [3.63, 3.8) is 0 Å². The molecule has 0 aliphatic carbocycles. The molecule has 1 aliphatic rings. The molecule has 0 spiro atoms. The molecule has 0 unspecified atom stereocenters. The van der Waals surface area contributed by atoms with Gasteiger partial charge < -0.3 is 0 Å². The Balaban J connectivity index is 1.58. The van der Waals surface area contributed by atoms with Crippen molar-refractivity contribution >= 4 is 28.5 Å². The van der Waals surface area contributed by atoms with E-state index in [0.717, 1.165) is 47.5 Å². The van der Waals surface area contributed by atoms with Gasteiger partial charge in [0, 0.05) is 36.2 Å². The number of fused-ring (bicyclic) bond motifs is 2. The molecule has 0 radical (unpaired) electrons. The lowest BCUT2D eigenvalue weighted by molar-refractivity contribution is 0.440. The molecule has 6 nitrogen and oxygen atoms in total. The number of halogens is 1. The molecule has 31 heavy (non-hydrogen) atoms. The maximum Gasteiger partial charge on any atom is 0.268 e. The SMILES string of the molecule is Cc1cc(-c2ccc3c(=O)n(C4CCB(C#N)CC4)cnc3c2F)cc2cn(C)nc12. The number of hydrogen-bond acceptors (Lipinski definition) is 4. The van der Waals surface area contributed by atoms with E-state index in [1.807, 2.05) is 32.3 Å². The van der Waals surface area contributed by atoms with Gasteiger partial charge in [0.05, 0.1) is 17.2 Å². The summed E-state index contributed by atoms with van der Waals surface area (Å²) in [6.07, 6.45) is 6.43. The zero-order chi connectivity index (χ0) is 21.7. The van der Waals surface area contributed by atoms with Gasteiger partial charge in [-0.2, -0.15) is 5.10 Å². The standard InChI is InChI=1S/C23H21BFN5O/c1-14-9-15(10-16-11-29(2)28-21(14)16)18-3-4-19-22(20(18)25)27-13-30(23(19)31)17-5-7-24(12-26)8-6-17/h3-4,9-11,13,17H,5-8H2,1-2H3. The van der Waals surface area contributed by atoms with Crippen molar-refractivity contribution in [3.05, 3.63) is 58.5 Å². The molecule has 5 rings (SSSR count). The summed E-state index contributed by atoms with van der Waals surface area (Å²) in [6.45, 7) is 2.01. The van der Waals surface area contributed by atoms with Gasteiger partial charge in [-0.15, -0.1) is 0 Å². The minimum Gasteiger partial charge on any atom is -0.296 e. The molecular formula is C23H21BFN5O. The van der Waals surface area contributed by atoms with Crippen LogP contribution < -0.4 is 5.56 Å². The monoisotopic (exact) mass is 413 g/mol. The first-order chi connectivity index (χ1) is 15.0. The Morgan fingerprint density at radius 3 is 2.74 bits per heavy atom. The molecule has 0 saturated carbocycles. The van der Waals surface area contributed by atoms with Crippen molar-refractivity contribution < 1.29 is 4.39 Å². The van der Waals surface area contributed by atoms with E-state index in [-0.39, 0.29) is 29.2 Å². The molecule has 2 aromatic heterocycles. The largest absolute Gasteiger partial charge is 0.296 e. The first-order valence-electron chi connectivity index (χ1n) is 10.5. The Labute approximate surface area is 179 Å². The van der Waals surface area contributed by atoms with Crippen LogP contribution in [-0.2, 0) is 7.05 Å². The number of hydrogen-bond donors (Lipinski definition) is 0. The van der Waals surface area contributed by atoms with Crippen molar-refractivity contribution in [1.29, 1.82) is 5.26 Å². The van der Waals surface area contributed by atoms with Crippen molar-refractivity contribution in [1.82, 2.24) is 19.3 Å². The third-order valence-electron chi connectivity index (χ3n) is 6.39. The number of nitriles is 1. The van der Waals surface area contributed by atoms with E-state index in [4.69, 9.17) is 5.26 Å². The number of nitrogens with zero attached hydrogens (tertiary/aromatic N) is 5. The lowest BCUT2D eigenvalue weighted by atomic mass is 9.42. The Bertz CT molecular complexity index is 1430. The Hall–Kier alpha value is -3.47. The van der Waals surface area contributed by atoms with E-state index >= 15 is 4.39 Å². The van der Waals surface area contributed by atoms with Crippen LogP contribution in [0, 0.1) is 24.0 Å². The molecule has 8 heteroatoms. The van der Waals surface area contributed by atoms with Crippen LogP contribution in [0.25, 0.3) is 32.9 Å². The predicted octanol–water partition coefficient (Wildman–Crippen LogP) is 4.29. The van der Waals surface area contributed by atoms with Gasteiger partial charge in [0.15, 0.2) is 5.82 Å². The van der Waals surface area contributed by atoms with Crippen LogP contribution in [0.5, 0.6) is 0 Å². The minimum absolute atomic E-state index is 0.00683. The highest BCUT2D eigenvalue weighted by molar-refractivity contribution is 6.67. The van der Waals surface area contributed by atoms with Gasteiger partial charge in [-0.25, -0.2) is 14.6 Å². The number of aryl methyl sites for hydroxylation is 2. The second-order valence-corrected chi connectivity index (χ2v) is 8.45. The van der Waals surface area contributed by atoms with Crippen molar-refractivity contribution in [2.75, 3.05) is 0 Å². The summed E-state index contributed by atoms with van der Waals surface area (Å²) >= 11 is 0. The second kappa shape index (κ2) is 7.34. The molecule has 0 amide bonds. The fraction of sp³-hybridized carbons (Fsp3) is 0.304. The minimum atomic E-state index is -0.488. The highest BCUT2D eigenvalue weighted by Gasteiger charge is 2.26. The Morgan fingerprint density at radius 2 is 2.00 bits per heavy atom.